The molecule has 1 aliphatic rings. The monoisotopic (exact) mass is 295 g/mol. The topological polar surface area (TPSA) is 54.5 Å². The predicted octanol–water partition coefficient (Wildman–Crippen LogP) is 1.78. The standard InChI is InChI=1S/C15H21NO3S/c1-12-5-3-4-6-14(12)10-16(2)15(17)9-13-7-8-20(18,19)11-13/h3-6,13H,7-11H2,1-2H3. The quantitative estimate of drug-likeness (QED) is 0.851. The molecule has 1 heterocycles. The lowest BCUT2D eigenvalue weighted by Gasteiger charge is -2.20. The second-order valence-corrected chi connectivity index (χ2v) is 7.88. The van der Waals surface area contributed by atoms with Gasteiger partial charge in [-0.25, -0.2) is 8.42 Å². The first-order chi connectivity index (χ1) is 9.37. The lowest BCUT2D eigenvalue weighted by atomic mass is 10.0. The Morgan fingerprint density at radius 1 is 1.35 bits per heavy atom. The molecule has 0 aromatic heterocycles. The Kier molecular flexibility index (Phi) is 4.48. The Morgan fingerprint density at radius 3 is 2.65 bits per heavy atom. The number of nitrogens with zero attached hydrogens (tertiary/aromatic N) is 1. The third kappa shape index (κ3) is 3.82. The highest BCUT2D eigenvalue weighted by Gasteiger charge is 2.30. The van der Waals surface area contributed by atoms with Crippen LogP contribution in [0.4, 0.5) is 0 Å². The molecule has 1 unspecified atom stereocenters. The Hall–Kier alpha value is -1.36. The van der Waals surface area contributed by atoms with Gasteiger partial charge in [0.15, 0.2) is 9.84 Å². The Morgan fingerprint density at radius 2 is 2.05 bits per heavy atom. The van der Waals surface area contributed by atoms with E-state index in [9.17, 15) is 13.2 Å². The van der Waals surface area contributed by atoms with E-state index in [2.05, 4.69) is 0 Å². The molecule has 1 amide bonds. The molecular formula is C15H21NO3S. The molecule has 2 rings (SSSR count). The van der Waals surface area contributed by atoms with Crippen molar-refractivity contribution in [3.05, 3.63) is 35.4 Å². The van der Waals surface area contributed by atoms with Crippen LogP contribution in [0.1, 0.15) is 24.0 Å². The summed E-state index contributed by atoms with van der Waals surface area (Å²) >= 11 is 0. The van der Waals surface area contributed by atoms with Gasteiger partial charge < -0.3 is 4.90 Å². The van der Waals surface area contributed by atoms with Crippen LogP contribution >= 0.6 is 0 Å². The Labute approximate surface area is 120 Å². The second-order valence-electron chi connectivity index (χ2n) is 5.65. The van der Waals surface area contributed by atoms with E-state index >= 15 is 0 Å². The van der Waals surface area contributed by atoms with Crippen molar-refractivity contribution in [2.45, 2.75) is 26.3 Å². The average molecular weight is 295 g/mol. The molecule has 1 fully saturated rings. The number of hydrogen-bond donors (Lipinski definition) is 0. The SMILES string of the molecule is Cc1ccccc1CN(C)C(=O)CC1CCS(=O)(=O)C1. The zero-order valence-corrected chi connectivity index (χ0v) is 12.8. The number of aryl methyl sites for hydroxylation is 1. The molecule has 1 atom stereocenters. The molecule has 0 aliphatic carbocycles. The highest BCUT2D eigenvalue weighted by atomic mass is 32.2. The van der Waals surface area contributed by atoms with Gasteiger partial charge in [-0.15, -0.1) is 0 Å². The van der Waals surface area contributed by atoms with Gasteiger partial charge in [0.2, 0.25) is 5.91 Å². The molecule has 0 saturated carbocycles. The summed E-state index contributed by atoms with van der Waals surface area (Å²) in [6.07, 6.45) is 0.952. The average Bonchev–Trinajstić information content (AvgIpc) is 2.71. The highest BCUT2D eigenvalue weighted by Crippen LogP contribution is 2.22. The van der Waals surface area contributed by atoms with Crippen LogP contribution in [0.15, 0.2) is 24.3 Å². The minimum Gasteiger partial charge on any atom is -0.341 e. The lowest BCUT2D eigenvalue weighted by molar-refractivity contribution is -0.131. The maximum atomic E-state index is 12.2. The van der Waals surface area contributed by atoms with E-state index in [-0.39, 0.29) is 23.3 Å². The molecule has 0 spiro atoms. The van der Waals surface area contributed by atoms with E-state index in [1.165, 1.54) is 0 Å². The second kappa shape index (κ2) is 5.95. The smallest absolute Gasteiger partial charge is 0.222 e. The minimum atomic E-state index is -2.90. The van der Waals surface area contributed by atoms with Crippen molar-refractivity contribution in [3.8, 4) is 0 Å². The summed E-state index contributed by atoms with van der Waals surface area (Å²) in [7, 11) is -1.13. The van der Waals surface area contributed by atoms with E-state index < -0.39 is 9.84 Å². The summed E-state index contributed by atoms with van der Waals surface area (Å²) in [4.78, 5) is 13.8. The first-order valence-electron chi connectivity index (χ1n) is 6.86. The van der Waals surface area contributed by atoms with Crippen molar-refractivity contribution in [3.63, 3.8) is 0 Å². The number of hydrogen-bond acceptors (Lipinski definition) is 3. The fourth-order valence-electron chi connectivity index (χ4n) is 2.57. The first kappa shape index (κ1) is 15.0. The molecule has 1 aromatic rings. The molecule has 0 N–H and O–H groups in total. The lowest BCUT2D eigenvalue weighted by Crippen LogP contribution is -2.28. The van der Waals surface area contributed by atoms with Gasteiger partial charge in [-0.2, -0.15) is 0 Å². The minimum absolute atomic E-state index is 0.00757. The molecule has 1 saturated heterocycles. The molecule has 0 radical (unpaired) electrons. The maximum absolute atomic E-state index is 12.2. The number of amides is 1. The molecule has 1 aliphatic heterocycles. The van der Waals surface area contributed by atoms with Crippen LogP contribution < -0.4 is 0 Å². The molecule has 110 valence electrons. The zero-order valence-electron chi connectivity index (χ0n) is 12.0. The van der Waals surface area contributed by atoms with Gasteiger partial charge in [0.1, 0.15) is 0 Å². The molecule has 5 heteroatoms. The number of sulfone groups is 1. The summed E-state index contributed by atoms with van der Waals surface area (Å²) in [5.74, 6) is 0.408. The van der Waals surface area contributed by atoms with E-state index in [0.29, 0.717) is 19.4 Å². The number of rotatable bonds is 4. The van der Waals surface area contributed by atoms with Gasteiger partial charge in [-0.3, -0.25) is 4.79 Å². The van der Waals surface area contributed by atoms with Crippen molar-refractivity contribution < 1.29 is 13.2 Å². The van der Waals surface area contributed by atoms with Gasteiger partial charge >= 0.3 is 0 Å². The fraction of sp³-hybridized carbons (Fsp3) is 0.533. The Balaban J connectivity index is 1.91. The van der Waals surface area contributed by atoms with Crippen LogP contribution in [0.2, 0.25) is 0 Å². The summed E-state index contributed by atoms with van der Waals surface area (Å²) in [5.41, 5.74) is 2.29. The van der Waals surface area contributed by atoms with Crippen LogP contribution in [0.3, 0.4) is 0 Å². The van der Waals surface area contributed by atoms with E-state index in [0.717, 1.165) is 11.1 Å². The summed E-state index contributed by atoms with van der Waals surface area (Å²) < 4.78 is 22.8. The largest absolute Gasteiger partial charge is 0.341 e. The Bertz CT molecular complexity index is 595. The van der Waals surface area contributed by atoms with Crippen LogP contribution in [0.5, 0.6) is 0 Å². The number of carbonyl (C=O) groups is 1. The van der Waals surface area contributed by atoms with Crippen LogP contribution in [0, 0.1) is 12.8 Å². The normalized spacial score (nSPS) is 20.8. The van der Waals surface area contributed by atoms with Gasteiger partial charge in [0.25, 0.3) is 0 Å². The van der Waals surface area contributed by atoms with Crippen LogP contribution in [-0.2, 0) is 21.2 Å². The number of carbonyl (C=O) groups excluding carboxylic acids is 1. The third-order valence-electron chi connectivity index (χ3n) is 3.88. The van der Waals surface area contributed by atoms with Crippen LogP contribution in [-0.4, -0.2) is 37.8 Å². The molecule has 20 heavy (non-hydrogen) atoms. The van der Waals surface area contributed by atoms with Gasteiger partial charge in [-0.1, -0.05) is 24.3 Å². The first-order valence-corrected chi connectivity index (χ1v) is 8.68. The van der Waals surface area contributed by atoms with Crippen molar-refractivity contribution in [2.24, 2.45) is 5.92 Å². The molecule has 4 nitrogen and oxygen atoms in total. The predicted molar refractivity (Wildman–Crippen MR) is 79.0 cm³/mol. The third-order valence-corrected chi connectivity index (χ3v) is 5.72. The van der Waals surface area contributed by atoms with Crippen molar-refractivity contribution in [2.75, 3.05) is 18.6 Å². The van der Waals surface area contributed by atoms with Gasteiger partial charge in [0, 0.05) is 20.0 Å². The van der Waals surface area contributed by atoms with Gasteiger partial charge in [0.05, 0.1) is 11.5 Å². The zero-order chi connectivity index (χ0) is 14.8. The fourth-order valence-corrected chi connectivity index (χ4v) is 4.43. The van der Waals surface area contributed by atoms with Crippen molar-refractivity contribution >= 4 is 15.7 Å². The summed E-state index contributed by atoms with van der Waals surface area (Å²) in [6.45, 7) is 2.60. The van der Waals surface area contributed by atoms with Crippen molar-refractivity contribution in [1.82, 2.24) is 4.90 Å². The molecular weight excluding hydrogens is 274 g/mol. The van der Waals surface area contributed by atoms with Gasteiger partial charge in [-0.05, 0) is 30.4 Å². The molecule has 0 bridgehead atoms. The summed E-state index contributed by atoms with van der Waals surface area (Å²) in [5, 5.41) is 0. The maximum Gasteiger partial charge on any atom is 0.222 e. The van der Waals surface area contributed by atoms with E-state index in [4.69, 9.17) is 0 Å². The van der Waals surface area contributed by atoms with E-state index in [1.807, 2.05) is 31.2 Å². The molecule has 1 aromatic carbocycles. The van der Waals surface area contributed by atoms with Crippen LogP contribution in [0.25, 0.3) is 0 Å². The van der Waals surface area contributed by atoms with E-state index in [1.54, 1.807) is 11.9 Å². The number of benzene rings is 1. The highest BCUT2D eigenvalue weighted by molar-refractivity contribution is 7.91. The van der Waals surface area contributed by atoms with Crippen molar-refractivity contribution in [1.29, 1.82) is 0 Å². The summed E-state index contributed by atoms with van der Waals surface area (Å²) in [6, 6.07) is 7.98.